The van der Waals surface area contributed by atoms with E-state index in [1.165, 1.54) is 22.5 Å². The summed E-state index contributed by atoms with van der Waals surface area (Å²) in [5.74, 6) is -0.494. The van der Waals surface area contributed by atoms with Crippen LogP contribution < -0.4 is 5.32 Å². The summed E-state index contributed by atoms with van der Waals surface area (Å²) in [6, 6.07) is 0. The molecule has 1 saturated heterocycles. The number of fused-ring (bicyclic) bond motifs is 2. The predicted molar refractivity (Wildman–Crippen MR) is 74.3 cm³/mol. The van der Waals surface area contributed by atoms with E-state index in [4.69, 9.17) is 9.47 Å². The molecule has 0 saturated carbocycles. The third-order valence-corrected chi connectivity index (χ3v) is 4.29. The highest BCUT2D eigenvalue weighted by Gasteiger charge is 2.42. The lowest BCUT2D eigenvalue weighted by Crippen LogP contribution is -2.43. The van der Waals surface area contributed by atoms with Crippen molar-refractivity contribution in [3.8, 4) is 0 Å². The molecule has 0 bridgehead atoms. The van der Waals surface area contributed by atoms with Crippen LogP contribution in [0.25, 0.3) is 0 Å². The summed E-state index contributed by atoms with van der Waals surface area (Å²) in [5.41, 5.74) is 5.30. The standard InChI is InChI=1S/C15H24N2O2/c1-3-12-11(2)17-13-5-4-6-15(14(12)13)18-9-7-16-8-10-19-15/h16-17H,3-10H2,1-2H3. The average Bonchev–Trinajstić information content (AvgIpc) is 2.71. The van der Waals surface area contributed by atoms with Crippen molar-refractivity contribution in [3.05, 3.63) is 22.5 Å². The number of aryl methyl sites for hydroxylation is 2. The molecule has 1 aromatic heterocycles. The molecule has 4 heteroatoms. The molecule has 1 aliphatic carbocycles. The lowest BCUT2D eigenvalue weighted by Gasteiger charge is -2.39. The van der Waals surface area contributed by atoms with Gasteiger partial charge in [0.05, 0.1) is 13.2 Å². The smallest absolute Gasteiger partial charge is 0.196 e. The van der Waals surface area contributed by atoms with Crippen molar-refractivity contribution in [2.45, 2.75) is 45.3 Å². The van der Waals surface area contributed by atoms with Crippen molar-refractivity contribution in [2.75, 3.05) is 26.3 Å². The van der Waals surface area contributed by atoms with E-state index in [1.54, 1.807) is 0 Å². The van der Waals surface area contributed by atoms with Gasteiger partial charge in [0.2, 0.25) is 0 Å². The van der Waals surface area contributed by atoms with E-state index in [2.05, 4.69) is 24.1 Å². The van der Waals surface area contributed by atoms with Crippen LogP contribution in [-0.2, 0) is 28.1 Å². The zero-order chi connectivity index (χ0) is 13.3. The molecule has 0 unspecified atom stereocenters. The third kappa shape index (κ3) is 2.22. The van der Waals surface area contributed by atoms with E-state index in [-0.39, 0.29) is 0 Å². The molecule has 0 atom stereocenters. The SMILES string of the molecule is CCc1c(C)[nH]c2c1C1(CCC2)OCCNCCO1. The van der Waals surface area contributed by atoms with Gasteiger partial charge in [-0.05, 0) is 31.7 Å². The first kappa shape index (κ1) is 13.2. The first-order valence-corrected chi connectivity index (χ1v) is 7.46. The molecule has 2 aliphatic rings. The zero-order valence-corrected chi connectivity index (χ0v) is 12.0. The minimum Gasteiger partial charge on any atom is -0.362 e. The Morgan fingerprint density at radius 1 is 1.21 bits per heavy atom. The monoisotopic (exact) mass is 264 g/mol. The van der Waals surface area contributed by atoms with Gasteiger partial charge >= 0.3 is 0 Å². The molecule has 1 aliphatic heterocycles. The normalized spacial score (nSPS) is 22.8. The zero-order valence-electron chi connectivity index (χ0n) is 12.0. The Kier molecular flexibility index (Phi) is 3.65. The van der Waals surface area contributed by atoms with Gasteiger partial charge in [0, 0.05) is 36.5 Å². The van der Waals surface area contributed by atoms with Crippen molar-refractivity contribution >= 4 is 0 Å². The van der Waals surface area contributed by atoms with Gasteiger partial charge in [-0.2, -0.15) is 0 Å². The maximum absolute atomic E-state index is 6.19. The highest BCUT2D eigenvalue weighted by molar-refractivity contribution is 5.41. The van der Waals surface area contributed by atoms with Crippen molar-refractivity contribution in [3.63, 3.8) is 0 Å². The molecular weight excluding hydrogens is 240 g/mol. The predicted octanol–water partition coefficient (Wildman–Crippen LogP) is 2.01. The van der Waals surface area contributed by atoms with Gasteiger partial charge in [-0.3, -0.25) is 0 Å². The quantitative estimate of drug-likeness (QED) is 0.815. The van der Waals surface area contributed by atoms with Crippen LogP contribution in [0.4, 0.5) is 0 Å². The Labute approximate surface area is 114 Å². The van der Waals surface area contributed by atoms with E-state index in [0.29, 0.717) is 13.2 Å². The molecule has 106 valence electrons. The molecule has 1 spiro atoms. The number of rotatable bonds is 1. The molecule has 2 heterocycles. The number of hydrogen-bond donors (Lipinski definition) is 2. The molecular formula is C15H24N2O2. The second-order valence-corrected chi connectivity index (χ2v) is 5.49. The Morgan fingerprint density at radius 3 is 2.63 bits per heavy atom. The molecule has 0 aromatic carbocycles. The second kappa shape index (κ2) is 5.27. The van der Waals surface area contributed by atoms with Crippen LogP contribution in [0, 0.1) is 6.92 Å². The van der Waals surface area contributed by atoms with Crippen LogP contribution in [0.5, 0.6) is 0 Å². The van der Waals surface area contributed by atoms with E-state index >= 15 is 0 Å². The van der Waals surface area contributed by atoms with Crippen molar-refractivity contribution in [1.82, 2.24) is 10.3 Å². The molecule has 2 N–H and O–H groups in total. The summed E-state index contributed by atoms with van der Waals surface area (Å²) >= 11 is 0. The Balaban J connectivity index is 2.03. The second-order valence-electron chi connectivity index (χ2n) is 5.49. The number of ether oxygens (including phenoxy) is 2. The van der Waals surface area contributed by atoms with E-state index < -0.39 is 5.79 Å². The number of hydrogen-bond acceptors (Lipinski definition) is 3. The fourth-order valence-electron chi connectivity index (χ4n) is 3.48. The maximum atomic E-state index is 6.19. The van der Waals surface area contributed by atoms with Gasteiger partial charge in [0.15, 0.2) is 5.79 Å². The van der Waals surface area contributed by atoms with Gasteiger partial charge in [-0.15, -0.1) is 0 Å². The summed E-state index contributed by atoms with van der Waals surface area (Å²) in [7, 11) is 0. The fraction of sp³-hybridized carbons (Fsp3) is 0.733. The van der Waals surface area contributed by atoms with Crippen molar-refractivity contribution in [2.24, 2.45) is 0 Å². The number of H-pyrrole nitrogens is 1. The average molecular weight is 264 g/mol. The summed E-state index contributed by atoms with van der Waals surface area (Å²) < 4.78 is 12.4. The van der Waals surface area contributed by atoms with Gasteiger partial charge in [0.1, 0.15) is 0 Å². The van der Waals surface area contributed by atoms with E-state index in [9.17, 15) is 0 Å². The molecule has 1 fully saturated rings. The summed E-state index contributed by atoms with van der Waals surface area (Å²) in [6.45, 7) is 7.62. The highest BCUT2D eigenvalue weighted by atomic mass is 16.7. The van der Waals surface area contributed by atoms with Crippen molar-refractivity contribution < 1.29 is 9.47 Å². The molecule has 3 rings (SSSR count). The third-order valence-electron chi connectivity index (χ3n) is 4.29. The van der Waals surface area contributed by atoms with Gasteiger partial charge < -0.3 is 19.8 Å². The molecule has 4 nitrogen and oxygen atoms in total. The summed E-state index contributed by atoms with van der Waals surface area (Å²) in [4.78, 5) is 3.55. The highest BCUT2D eigenvalue weighted by Crippen LogP contribution is 2.42. The number of aromatic amines is 1. The minimum absolute atomic E-state index is 0.494. The maximum Gasteiger partial charge on any atom is 0.196 e. The van der Waals surface area contributed by atoms with Crippen LogP contribution in [-0.4, -0.2) is 31.3 Å². The van der Waals surface area contributed by atoms with Crippen LogP contribution in [0.2, 0.25) is 0 Å². The summed E-state index contributed by atoms with van der Waals surface area (Å²) in [5, 5.41) is 3.31. The van der Waals surface area contributed by atoms with Crippen LogP contribution in [0.1, 0.15) is 42.3 Å². The topological polar surface area (TPSA) is 46.3 Å². The minimum atomic E-state index is -0.494. The molecule has 1 aromatic rings. The largest absolute Gasteiger partial charge is 0.362 e. The lowest BCUT2D eigenvalue weighted by molar-refractivity contribution is -0.258. The summed E-state index contributed by atoms with van der Waals surface area (Å²) in [6.07, 6.45) is 4.25. The Hall–Kier alpha value is -0.840. The first-order chi connectivity index (χ1) is 9.27. The van der Waals surface area contributed by atoms with E-state index in [0.717, 1.165) is 38.8 Å². The molecule has 19 heavy (non-hydrogen) atoms. The van der Waals surface area contributed by atoms with Gasteiger partial charge in [-0.25, -0.2) is 0 Å². The molecule has 0 amide bonds. The lowest BCUT2D eigenvalue weighted by atomic mass is 9.87. The molecule has 0 radical (unpaired) electrons. The van der Waals surface area contributed by atoms with Gasteiger partial charge in [0.25, 0.3) is 0 Å². The number of nitrogens with one attached hydrogen (secondary N) is 2. The number of aromatic nitrogens is 1. The van der Waals surface area contributed by atoms with Crippen LogP contribution in [0.3, 0.4) is 0 Å². The Bertz CT molecular complexity index is 445. The Morgan fingerprint density at radius 2 is 1.95 bits per heavy atom. The van der Waals surface area contributed by atoms with Crippen molar-refractivity contribution in [1.29, 1.82) is 0 Å². The van der Waals surface area contributed by atoms with Crippen LogP contribution in [0.15, 0.2) is 0 Å². The van der Waals surface area contributed by atoms with Crippen LogP contribution >= 0.6 is 0 Å². The first-order valence-electron chi connectivity index (χ1n) is 7.46. The van der Waals surface area contributed by atoms with E-state index in [1.807, 2.05) is 0 Å². The fourth-order valence-corrected chi connectivity index (χ4v) is 3.48. The van der Waals surface area contributed by atoms with Gasteiger partial charge in [-0.1, -0.05) is 6.92 Å².